The summed E-state index contributed by atoms with van der Waals surface area (Å²) in [6, 6.07) is -0.644. The molecular weight excluding hydrogens is 747 g/mol. The summed E-state index contributed by atoms with van der Waals surface area (Å²) in [6.45, 7) is 4.12. The maximum atomic E-state index is 12.3. The molecule has 0 aliphatic heterocycles. The van der Waals surface area contributed by atoms with Gasteiger partial charge in [0.25, 0.3) is 0 Å². The van der Waals surface area contributed by atoms with E-state index in [2.05, 4.69) is 165 Å². The SMILES string of the molecule is CC/C=C\C/C=C\C/C=C\C/C=C\C/C=C\C/C=C\C/C=C\C/C=C\C/C=C\C/C=C\C/C=C\C/C=C\CCCCCCC(=O)NC(CO)C(O)/C=C/CCCCCCCC. The molecule has 0 saturated heterocycles. The van der Waals surface area contributed by atoms with Crippen LogP contribution in [0.2, 0.25) is 0 Å². The molecule has 2 unspecified atom stereocenters. The minimum absolute atomic E-state index is 0.100. The summed E-state index contributed by atoms with van der Waals surface area (Å²) in [5.74, 6) is -0.100. The Bertz CT molecular complexity index is 1360. The van der Waals surface area contributed by atoms with E-state index in [0.29, 0.717) is 6.42 Å². The Morgan fingerprint density at radius 1 is 0.410 bits per heavy atom. The van der Waals surface area contributed by atoms with Gasteiger partial charge in [-0.15, -0.1) is 0 Å². The minimum atomic E-state index is -0.858. The van der Waals surface area contributed by atoms with Crippen LogP contribution in [-0.4, -0.2) is 34.9 Å². The van der Waals surface area contributed by atoms with Crippen LogP contribution in [0.4, 0.5) is 0 Å². The molecule has 0 heterocycles. The molecule has 0 bridgehead atoms. The molecule has 61 heavy (non-hydrogen) atoms. The summed E-state index contributed by atoms with van der Waals surface area (Å²) in [6.07, 6.45) is 82.3. The highest BCUT2D eigenvalue weighted by molar-refractivity contribution is 5.76. The first-order valence-corrected chi connectivity index (χ1v) is 24.2. The largest absolute Gasteiger partial charge is 0.394 e. The van der Waals surface area contributed by atoms with Gasteiger partial charge in [0.1, 0.15) is 0 Å². The van der Waals surface area contributed by atoms with E-state index in [1.165, 1.54) is 32.1 Å². The van der Waals surface area contributed by atoms with E-state index in [1.54, 1.807) is 6.08 Å². The summed E-state index contributed by atoms with van der Waals surface area (Å²) >= 11 is 0. The molecule has 0 radical (unpaired) electrons. The van der Waals surface area contributed by atoms with Gasteiger partial charge in [0.2, 0.25) is 5.91 Å². The molecule has 0 aliphatic rings. The van der Waals surface area contributed by atoms with Crippen molar-refractivity contribution in [2.24, 2.45) is 0 Å². The highest BCUT2D eigenvalue weighted by Gasteiger charge is 2.17. The van der Waals surface area contributed by atoms with E-state index in [-0.39, 0.29) is 12.5 Å². The van der Waals surface area contributed by atoms with Gasteiger partial charge in [0, 0.05) is 6.42 Å². The van der Waals surface area contributed by atoms with Crippen molar-refractivity contribution in [1.29, 1.82) is 0 Å². The first kappa shape index (κ1) is 57.0. The van der Waals surface area contributed by atoms with Crippen LogP contribution in [0.15, 0.2) is 158 Å². The zero-order valence-electron chi connectivity index (χ0n) is 38.9. The zero-order chi connectivity index (χ0) is 44.2. The van der Waals surface area contributed by atoms with Crippen molar-refractivity contribution in [2.45, 2.75) is 187 Å². The molecule has 0 saturated carbocycles. The monoisotopic (exact) mass is 836 g/mol. The first-order valence-electron chi connectivity index (χ1n) is 24.2. The molecule has 0 fully saturated rings. The van der Waals surface area contributed by atoms with Crippen molar-refractivity contribution in [3.05, 3.63) is 158 Å². The van der Waals surface area contributed by atoms with Gasteiger partial charge in [0.15, 0.2) is 0 Å². The highest BCUT2D eigenvalue weighted by atomic mass is 16.3. The summed E-state index contributed by atoms with van der Waals surface area (Å²) in [5.41, 5.74) is 0. The third-order valence-electron chi connectivity index (χ3n) is 9.77. The standard InChI is InChI=1S/C57H89NO3/c1-3-5-7-9-11-13-14-15-16-17-18-19-20-21-22-23-24-25-26-27-28-29-30-31-32-33-34-35-36-37-38-39-40-41-42-43-44-45-47-49-51-53-57(61)58-55(54-59)56(60)52-50-48-46-12-10-8-6-4-2/h5,7,11,13,15-16,18-19,21-22,24-25,27-28,30-31,33-34,36-37,39-40,42-43,50,52,55-56,59-60H,3-4,6,8-10,12,14,17,20,23,26,29,32,35,38,41,44-49,51,53-54H2,1-2H3,(H,58,61)/b7-5-,13-11-,16-15-,19-18-,22-21-,25-24-,28-27-,31-30-,34-33-,37-36-,40-39-,43-42-,52-50+. The van der Waals surface area contributed by atoms with Crippen LogP contribution in [-0.2, 0) is 4.79 Å². The Labute approximate surface area is 376 Å². The Kier molecular flexibility index (Phi) is 47.1. The Morgan fingerprint density at radius 3 is 1.08 bits per heavy atom. The highest BCUT2D eigenvalue weighted by Crippen LogP contribution is 2.10. The van der Waals surface area contributed by atoms with Crippen LogP contribution in [0.5, 0.6) is 0 Å². The number of rotatable bonds is 41. The minimum Gasteiger partial charge on any atom is -0.394 e. The van der Waals surface area contributed by atoms with Crippen LogP contribution in [0.1, 0.15) is 174 Å². The Balaban J connectivity index is 3.72. The molecule has 0 aromatic heterocycles. The predicted molar refractivity (Wildman–Crippen MR) is 271 cm³/mol. The molecule has 340 valence electrons. The van der Waals surface area contributed by atoms with Crippen LogP contribution in [0.3, 0.4) is 0 Å². The maximum Gasteiger partial charge on any atom is 0.220 e. The second-order valence-corrected chi connectivity index (χ2v) is 15.4. The molecule has 0 aliphatic carbocycles. The number of carbonyl (C=O) groups is 1. The third-order valence-corrected chi connectivity index (χ3v) is 9.77. The molecule has 3 N–H and O–H groups in total. The van der Waals surface area contributed by atoms with Crippen molar-refractivity contribution in [3.8, 4) is 0 Å². The van der Waals surface area contributed by atoms with Crippen LogP contribution in [0.25, 0.3) is 0 Å². The average Bonchev–Trinajstić information content (AvgIpc) is 3.26. The van der Waals surface area contributed by atoms with Crippen molar-refractivity contribution in [1.82, 2.24) is 5.32 Å². The second kappa shape index (κ2) is 50.4. The summed E-state index contributed by atoms with van der Waals surface area (Å²) in [7, 11) is 0. The fourth-order valence-electron chi connectivity index (χ4n) is 6.10. The van der Waals surface area contributed by atoms with Crippen LogP contribution < -0.4 is 5.32 Å². The Morgan fingerprint density at radius 2 is 0.721 bits per heavy atom. The van der Waals surface area contributed by atoms with Gasteiger partial charge in [0.05, 0.1) is 18.8 Å². The zero-order valence-corrected chi connectivity index (χ0v) is 38.9. The molecule has 4 heteroatoms. The number of aliphatic hydroxyl groups excluding tert-OH is 2. The van der Waals surface area contributed by atoms with Crippen molar-refractivity contribution < 1.29 is 15.0 Å². The number of nitrogens with one attached hydrogen (secondary N) is 1. The molecular formula is C57H89NO3. The van der Waals surface area contributed by atoms with E-state index in [1.807, 2.05) is 6.08 Å². The first-order chi connectivity index (χ1) is 30.2. The number of unbranched alkanes of at least 4 members (excludes halogenated alkanes) is 10. The van der Waals surface area contributed by atoms with Gasteiger partial charge in [-0.25, -0.2) is 0 Å². The number of amides is 1. The van der Waals surface area contributed by atoms with E-state index < -0.39 is 12.1 Å². The number of allylic oxidation sites excluding steroid dienone is 25. The quantitative estimate of drug-likeness (QED) is 0.0424. The van der Waals surface area contributed by atoms with Gasteiger partial charge >= 0.3 is 0 Å². The molecule has 0 aromatic rings. The topological polar surface area (TPSA) is 69.6 Å². The lowest BCUT2D eigenvalue weighted by molar-refractivity contribution is -0.123. The molecule has 1 amide bonds. The predicted octanol–water partition coefficient (Wildman–Crippen LogP) is 15.8. The molecule has 0 rings (SSSR count). The lowest BCUT2D eigenvalue weighted by Crippen LogP contribution is -2.45. The number of aliphatic hydroxyl groups is 2. The average molecular weight is 836 g/mol. The van der Waals surface area contributed by atoms with Crippen LogP contribution >= 0.6 is 0 Å². The van der Waals surface area contributed by atoms with Crippen molar-refractivity contribution in [2.75, 3.05) is 6.61 Å². The van der Waals surface area contributed by atoms with E-state index in [0.717, 1.165) is 122 Å². The maximum absolute atomic E-state index is 12.3. The number of hydrogen-bond acceptors (Lipinski definition) is 3. The number of hydrogen-bond donors (Lipinski definition) is 3. The fourth-order valence-corrected chi connectivity index (χ4v) is 6.10. The molecule has 0 spiro atoms. The molecule has 2 atom stereocenters. The van der Waals surface area contributed by atoms with Gasteiger partial charge in [-0.3, -0.25) is 4.79 Å². The fraction of sp³-hybridized carbons (Fsp3) is 0.526. The summed E-state index contributed by atoms with van der Waals surface area (Å²) in [5, 5.41) is 22.8. The third kappa shape index (κ3) is 46.9. The van der Waals surface area contributed by atoms with Crippen LogP contribution in [0, 0.1) is 0 Å². The summed E-state index contributed by atoms with van der Waals surface area (Å²) in [4.78, 5) is 12.3. The van der Waals surface area contributed by atoms with Crippen molar-refractivity contribution in [3.63, 3.8) is 0 Å². The molecule has 4 nitrogen and oxygen atoms in total. The van der Waals surface area contributed by atoms with E-state index >= 15 is 0 Å². The van der Waals surface area contributed by atoms with E-state index in [4.69, 9.17) is 0 Å². The lowest BCUT2D eigenvalue weighted by Gasteiger charge is -2.20. The molecule has 0 aromatic carbocycles. The van der Waals surface area contributed by atoms with Gasteiger partial charge in [-0.1, -0.05) is 217 Å². The number of carbonyl (C=O) groups excluding carboxylic acids is 1. The van der Waals surface area contributed by atoms with Crippen molar-refractivity contribution >= 4 is 5.91 Å². The Hall–Kier alpha value is -3.99. The normalized spacial score (nSPS) is 14.4. The van der Waals surface area contributed by atoms with Gasteiger partial charge in [-0.05, 0) is 109 Å². The van der Waals surface area contributed by atoms with Gasteiger partial charge in [-0.2, -0.15) is 0 Å². The second-order valence-electron chi connectivity index (χ2n) is 15.4. The summed E-state index contributed by atoms with van der Waals surface area (Å²) < 4.78 is 0. The van der Waals surface area contributed by atoms with E-state index in [9.17, 15) is 15.0 Å². The smallest absolute Gasteiger partial charge is 0.220 e. The van der Waals surface area contributed by atoms with Gasteiger partial charge < -0.3 is 15.5 Å². The lowest BCUT2D eigenvalue weighted by atomic mass is 10.1.